The zero-order chi connectivity index (χ0) is 12.5. The lowest BCUT2D eigenvalue weighted by Crippen LogP contribution is -2.21. The second-order valence-corrected chi connectivity index (χ2v) is 4.25. The van der Waals surface area contributed by atoms with E-state index < -0.39 is 0 Å². The molecule has 0 saturated carbocycles. The van der Waals surface area contributed by atoms with Crippen molar-refractivity contribution < 1.29 is 9.50 Å². The van der Waals surface area contributed by atoms with Crippen LogP contribution in [-0.2, 0) is 0 Å². The Morgan fingerprint density at radius 1 is 1.18 bits per heavy atom. The quantitative estimate of drug-likeness (QED) is 0.683. The lowest BCUT2D eigenvalue weighted by Gasteiger charge is -2.17. The molecular formula is C14H22FNO. The molecule has 0 radical (unpaired) electrons. The minimum atomic E-state index is -0.188. The Morgan fingerprint density at radius 3 is 2.47 bits per heavy atom. The van der Waals surface area contributed by atoms with Gasteiger partial charge in [0.15, 0.2) is 0 Å². The van der Waals surface area contributed by atoms with Gasteiger partial charge in [-0.2, -0.15) is 0 Å². The molecule has 0 saturated heterocycles. The highest BCUT2D eigenvalue weighted by Crippen LogP contribution is 2.16. The van der Waals surface area contributed by atoms with Crippen LogP contribution >= 0.6 is 0 Å². The molecule has 2 N–H and O–H groups in total. The van der Waals surface area contributed by atoms with Crippen LogP contribution in [0, 0.1) is 5.82 Å². The summed E-state index contributed by atoms with van der Waals surface area (Å²) in [7, 11) is 0. The van der Waals surface area contributed by atoms with Gasteiger partial charge in [0.2, 0.25) is 0 Å². The van der Waals surface area contributed by atoms with E-state index >= 15 is 0 Å². The molecule has 0 amide bonds. The molecule has 0 aliphatic carbocycles. The summed E-state index contributed by atoms with van der Waals surface area (Å²) in [6.07, 6.45) is 3.97. The van der Waals surface area contributed by atoms with Crippen LogP contribution in [-0.4, -0.2) is 18.3 Å². The summed E-state index contributed by atoms with van der Waals surface area (Å²) in [5.74, 6) is -0.188. The lowest BCUT2D eigenvalue weighted by molar-refractivity contribution is 0.282. The summed E-state index contributed by atoms with van der Waals surface area (Å²) < 4.78 is 12.8. The molecule has 0 aliphatic heterocycles. The van der Waals surface area contributed by atoms with Gasteiger partial charge in [-0.05, 0) is 49.9 Å². The number of hydrogen-bond acceptors (Lipinski definition) is 2. The number of benzene rings is 1. The van der Waals surface area contributed by atoms with Crippen molar-refractivity contribution in [1.29, 1.82) is 0 Å². The van der Waals surface area contributed by atoms with Crippen LogP contribution < -0.4 is 5.32 Å². The summed E-state index contributed by atoms with van der Waals surface area (Å²) in [6, 6.07) is 6.98. The summed E-state index contributed by atoms with van der Waals surface area (Å²) in [4.78, 5) is 0. The van der Waals surface area contributed by atoms with Gasteiger partial charge in [0.1, 0.15) is 5.82 Å². The minimum Gasteiger partial charge on any atom is -0.396 e. The second kappa shape index (κ2) is 8.20. The van der Waals surface area contributed by atoms with E-state index in [9.17, 15) is 4.39 Å². The van der Waals surface area contributed by atoms with Gasteiger partial charge in [-0.1, -0.05) is 19.1 Å². The van der Waals surface area contributed by atoms with E-state index in [1.807, 2.05) is 12.1 Å². The van der Waals surface area contributed by atoms with Crippen molar-refractivity contribution in [3.63, 3.8) is 0 Å². The molecule has 1 rings (SSSR count). The van der Waals surface area contributed by atoms with Crippen molar-refractivity contribution in [2.45, 2.75) is 38.6 Å². The first-order valence-corrected chi connectivity index (χ1v) is 6.37. The highest BCUT2D eigenvalue weighted by Gasteiger charge is 2.07. The van der Waals surface area contributed by atoms with Crippen molar-refractivity contribution in [1.82, 2.24) is 5.32 Å². The van der Waals surface area contributed by atoms with Crippen LogP contribution in [0.5, 0.6) is 0 Å². The maximum absolute atomic E-state index is 12.8. The molecule has 96 valence electrons. The van der Waals surface area contributed by atoms with E-state index in [1.54, 1.807) is 0 Å². The zero-order valence-corrected chi connectivity index (χ0v) is 10.5. The highest BCUT2D eigenvalue weighted by molar-refractivity contribution is 5.19. The molecule has 1 aromatic rings. The third-order valence-corrected chi connectivity index (χ3v) is 2.91. The molecule has 3 heteroatoms. The third-order valence-electron chi connectivity index (χ3n) is 2.91. The van der Waals surface area contributed by atoms with Gasteiger partial charge >= 0.3 is 0 Å². The molecule has 0 heterocycles. The Balaban J connectivity index is 2.35. The normalized spacial score (nSPS) is 12.6. The molecule has 1 unspecified atom stereocenters. The Bertz CT molecular complexity index is 300. The number of unbranched alkanes of at least 4 members (excludes halogenated alkanes) is 2. The van der Waals surface area contributed by atoms with Crippen LogP contribution in [0.3, 0.4) is 0 Å². The summed E-state index contributed by atoms with van der Waals surface area (Å²) in [6.45, 7) is 3.33. The van der Waals surface area contributed by atoms with E-state index in [4.69, 9.17) is 5.11 Å². The Hall–Kier alpha value is -0.930. The van der Waals surface area contributed by atoms with Gasteiger partial charge in [-0.3, -0.25) is 0 Å². The van der Waals surface area contributed by atoms with Crippen LogP contribution in [0.15, 0.2) is 24.3 Å². The molecule has 0 spiro atoms. The Labute approximate surface area is 103 Å². The lowest BCUT2D eigenvalue weighted by atomic mass is 10.0. The minimum absolute atomic E-state index is 0.188. The van der Waals surface area contributed by atoms with Crippen molar-refractivity contribution in [2.24, 2.45) is 0 Å². The first-order chi connectivity index (χ1) is 8.27. The van der Waals surface area contributed by atoms with E-state index in [-0.39, 0.29) is 12.4 Å². The molecule has 0 fully saturated rings. The smallest absolute Gasteiger partial charge is 0.123 e. The molecule has 17 heavy (non-hydrogen) atoms. The average molecular weight is 239 g/mol. The number of nitrogens with one attached hydrogen (secondary N) is 1. The van der Waals surface area contributed by atoms with Crippen LogP contribution in [0.4, 0.5) is 4.39 Å². The number of aliphatic hydroxyl groups excluding tert-OH is 1. The van der Waals surface area contributed by atoms with Crippen LogP contribution in [0.2, 0.25) is 0 Å². The maximum atomic E-state index is 12.8. The van der Waals surface area contributed by atoms with E-state index in [0.717, 1.165) is 37.8 Å². The Morgan fingerprint density at radius 2 is 1.88 bits per heavy atom. The fourth-order valence-corrected chi connectivity index (χ4v) is 1.88. The number of rotatable bonds is 8. The SMILES string of the molecule is CCC(NCCCCCO)c1ccc(F)cc1. The molecule has 1 atom stereocenters. The molecule has 0 aliphatic rings. The van der Waals surface area contributed by atoms with Crippen LogP contribution in [0.25, 0.3) is 0 Å². The second-order valence-electron chi connectivity index (χ2n) is 4.25. The highest BCUT2D eigenvalue weighted by atomic mass is 19.1. The van der Waals surface area contributed by atoms with Crippen molar-refractivity contribution in [2.75, 3.05) is 13.2 Å². The molecule has 1 aromatic carbocycles. The standard InChI is InChI=1S/C14H22FNO/c1-2-14(16-10-4-3-5-11-17)12-6-8-13(15)9-7-12/h6-9,14,16-17H,2-5,10-11H2,1H3. The van der Waals surface area contributed by atoms with Gasteiger partial charge in [-0.25, -0.2) is 4.39 Å². The van der Waals surface area contributed by atoms with Gasteiger partial charge in [-0.15, -0.1) is 0 Å². The first kappa shape index (κ1) is 14.1. The Kier molecular flexibility index (Phi) is 6.82. The fourth-order valence-electron chi connectivity index (χ4n) is 1.88. The van der Waals surface area contributed by atoms with Crippen molar-refractivity contribution in [3.8, 4) is 0 Å². The fraction of sp³-hybridized carbons (Fsp3) is 0.571. The summed E-state index contributed by atoms with van der Waals surface area (Å²) in [5.41, 5.74) is 1.14. The largest absolute Gasteiger partial charge is 0.396 e. The average Bonchev–Trinajstić information content (AvgIpc) is 2.35. The van der Waals surface area contributed by atoms with E-state index in [1.165, 1.54) is 12.1 Å². The molecule has 2 nitrogen and oxygen atoms in total. The molecule has 0 aromatic heterocycles. The van der Waals surface area contributed by atoms with Gasteiger partial charge in [0.05, 0.1) is 0 Å². The first-order valence-electron chi connectivity index (χ1n) is 6.37. The number of aliphatic hydroxyl groups is 1. The van der Waals surface area contributed by atoms with Crippen molar-refractivity contribution in [3.05, 3.63) is 35.6 Å². The molecule has 0 bridgehead atoms. The zero-order valence-electron chi connectivity index (χ0n) is 10.5. The van der Waals surface area contributed by atoms with E-state index in [2.05, 4.69) is 12.2 Å². The number of halogens is 1. The third kappa shape index (κ3) is 5.29. The van der Waals surface area contributed by atoms with Gasteiger partial charge < -0.3 is 10.4 Å². The topological polar surface area (TPSA) is 32.3 Å². The molecular weight excluding hydrogens is 217 g/mol. The van der Waals surface area contributed by atoms with Crippen molar-refractivity contribution >= 4 is 0 Å². The van der Waals surface area contributed by atoms with Crippen LogP contribution in [0.1, 0.15) is 44.2 Å². The predicted octanol–water partition coefficient (Wildman–Crippen LogP) is 3.03. The number of hydrogen-bond donors (Lipinski definition) is 2. The summed E-state index contributed by atoms with van der Waals surface area (Å²) >= 11 is 0. The monoisotopic (exact) mass is 239 g/mol. The van der Waals surface area contributed by atoms with Gasteiger partial charge in [0.25, 0.3) is 0 Å². The van der Waals surface area contributed by atoms with E-state index in [0.29, 0.717) is 6.04 Å². The van der Waals surface area contributed by atoms with Gasteiger partial charge in [0, 0.05) is 12.6 Å². The summed E-state index contributed by atoms with van der Waals surface area (Å²) in [5, 5.41) is 12.1. The maximum Gasteiger partial charge on any atom is 0.123 e. The predicted molar refractivity (Wildman–Crippen MR) is 68.4 cm³/mol.